The van der Waals surface area contributed by atoms with E-state index in [0.717, 1.165) is 45.6 Å². The summed E-state index contributed by atoms with van der Waals surface area (Å²) < 4.78 is 6.45. The first-order valence-electron chi connectivity index (χ1n) is 12.9. The number of rotatable bonds is 8. The van der Waals surface area contributed by atoms with Crippen molar-refractivity contribution in [1.82, 2.24) is 39.5 Å². The van der Waals surface area contributed by atoms with E-state index in [0.29, 0.717) is 41.6 Å². The van der Waals surface area contributed by atoms with Crippen molar-refractivity contribution in [2.24, 2.45) is 11.7 Å². The van der Waals surface area contributed by atoms with Crippen molar-refractivity contribution in [3.8, 4) is 11.3 Å². The van der Waals surface area contributed by atoms with E-state index in [1.54, 1.807) is 31.8 Å². The third-order valence-electron chi connectivity index (χ3n) is 7.37. The highest BCUT2D eigenvalue weighted by Gasteiger charge is 2.28. The minimum Gasteiger partial charge on any atom is -0.375 e. The van der Waals surface area contributed by atoms with Crippen LogP contribution in [-0.4, -0.2) is 117 Å². The van der Waals surface area contributed by atoms with E-state index in [1.165, 1.54) is 4.52 Å². The number of aromatic nitrogens is 5. The number of ether oxygens (including phenoxy) is 1. The van der Waals surface area contributed by atoms with Crippen LogP contribution in [-0.2, 0) is 20.7 Å². The van der Waals surface area contributed by atoms with E-state index in [-0.39, 0.29) is 30.4 Å². The number of piperidine rings is 1. The van der Waals surface area contributed by atoms with E-state index in [2.05, 4.69) is 25.2 Å². The first-order valence-corrected chi connectivity index (χ1v) is 12.9. The number of hydrogen-bond donors (Lipinski definition) is 2. The molecule has 2 aliphatic heterocycles. The zero-order chi connectivity index (χ0) is 26.6. The third kappa shape index (κ3) is 5.53. The summed E-state index contributed by atoms with van der Waals surface area (Å²) >= 11 is 0. The number of nitrogens with one attached hydrogen (secondary N) is 1. The topological polar surface area (TPSA) is 155 Å². The molecule has 5 heterocycles. The molecule has 5 rings (SSSR count). The Bertz CT molecular complexity index is 1290. The predicted octanol–water partition coefficient (Wildman–Crippen LogP) is -0.210. The van der Waals surface area contributed by atoms with Crippen molar-refractivity contribution in [2.75, 3.05) is 59.5 Å². The Labute approximate surface area is 219 Å². The molecule has 38 heavy (non-hydrogen) atoms. The Kier molecular flexibility index (Phi) is 7.65. The minimum atomic E-state index is -0.641. The summed E-state index contributed by atoms with van der Waals surface area (Å²) in [6, 6.07) is 1.74. The molecule has 202 valence electrons. The number of aromatic amines is 1. The van der Waals surface area contributed by atoms with Gasteiger partial charge < -0.3 is 20.3 Å². The number of amides is 3. The van der Waals surface area contributed by atoms with Crippen LogP contribution in [0.1, 0.15) is 28.9 Å². The fourth-order valence-corrected chi connectivity index (χ4v) is 5.27. The van der Waals surface area contributed by atoms with Crippen molar-refractivity contribution < 1.29 is 19.1 Å². The molecule has 2 aliphatic rings. The van der Waals surface area contributed by atoms with E-state index < -0.39 is 5.91 Å². The van der Waals surface area contributed by atoms with Crippen molar-refractivity contribution in [3.63, 3.8) is 0 Å². The zero-order valence-electron chi connectivity index (χ0n) is 21.5. The molecule has 0 unspecified atom stereocenters. The molecule has 0 atom stereocenters. The Balaban J connectivity index is 1.15. The molecule has 0 saturated carbocycles. The second-order valence-electron chi connectivity index (χ2n) is 9.88. The molecular weight excluding hydrogens is 490 g/mol. The maximum Gasteiger partial charge on any atom is 0.254 e. The van der Waals surface area contributed by atoms with Crippen LogP contribution in [0, 0.1) is 5.92 Å². The number of likely N-dealkylation sites (tertiary alicyclic amines) is 1. The maximum atomic E-state index is 13.1. The van der Waals surface area contributed by atoms with Gasteiger partial charge >= 0.3 is 0 Å². The molecule has 0 bridgehead atoms. The fourth-order valence-electron chi connectivity index (χ4n) is 5.27. The van der Waals surface area contributed by atoms with Crippen molar-refractivity contribution in [1.29, 1.82) is 0 Å². The average molecular weight is 524 g/mol. The van der Waals surface area contributed by atoms with Gasteiger partial charge in [-0.05, 0) is 24.8 Å². The number of carbonyl (C=O) groups excluding carboxylic acids is 3. The number of fused-ring (bicyclic) bond motifs is 1. The van der Waals surface area contributed by atoms with Crippen molar-refractivity contribution in [2.45, 2.75) is 19.3 Å². The Morgan fingerprint density at radius 1 is 1.08 bits per heavy atom. The van der Waals surface area contributed by atoms with Crippen LogP contribution < -0.4 is 5.73 Å². The van der Waals surface area contributed by atoms with Gasteiger partial charge in [-0.25, -0.2) is 9.50 Å². The van der Waals surface area contributed by atoms with Gasteiger partial charge in [-0.2, -0.15) is 10.2 Å². The smallest absolute Gasteiger partial charge is 0.254 e. The van der Waals surface area contributed by atoms with Gasteiger partial charge in [0.2, 0.25) is 11.8 Å². The summed E-state index contributed by atoms with van der Waals surface area (Å²) in [7, 11) is 1.54. The first-order chi connectivity index (χ1) is 18.4. The lowest BCUT2D eigenvalue weighted by Gasteiger charge is -2.38. The van der Waals surface area contributed by atoms with Gasteiger partial charge in [-0.15, -0.1) is 0 Å². The van der Waals surface area contributed by atoms with E-state index in [1.807, 2.05) is 9.80 Å². The molecule has 3 aromatic heterocycles. The quantitative estimate of drug-likeness (QED) is 0.411. The van der Waals surface area contributed by atoms with Crippen LogP contribution in [0.2, 0.25) is 0 Å². The number of nitrogens with zero attached hydrogens (tertiary/aromatic N) is 7. The predicted molar refractivity (Wildman–Crippen MR) is 137 cm³/mol. The van der Waals surface area contributed by atoms with Gasteiger partial charge in [-0.1, -0.05) is 0 Å². The highest BCUT2D eigenvalue weighted by molar-refractivity contribution is 6.04. The van der Waals surface area contributed by atoms with Gasteiger partial charge in [0.25, 0.3) is 5.91 Å². The Morgan fingerprint density at radius 2 is 1.82 bits per heavy atom. The Morgan fingerprint density at radius 3 is 2.47 bits per heavy atom. The summed E-state index contributed by atoms with van der Waals surface area (Å²) in [6.07, 6.45) is 6.92. The number of piperazine rings is 1. The first kappa shape index (κ1) is 25.8. The molecule has 13 nitrogen and oxygen atoms in total. The lowest BCUT2D eigenvalue weighted by Crippen LogP contribution is -2.51. The summed E-state index contributed by atoms with van der Waals surface area (Å²) in [5.74, 6) is -0.0517. The molecule has 0 aliphatic carbocycles. The van der Waals surface area contributed by atoms with Crippen LogP contribution in [0.4, 0.5) is 0 Å². The molecule has 3 N–H and O–H groups in total. The Hall–Kier alpha value is -3.84. The molecule has 3 amide bonds. The normalized spacial score (nSPS) is 17.3. The van der Waals surface area contributed by atoms with Crippen molar-refractivity contribution in [3.05, 3.63) is 35.9 Å². The van der Waals surface area contributed by atoms with Gasteiger partial charge in [0.05, 0.1) is 18.3 Å². The maximum absolute atomic E-state index is 13.1. The lowest BCUT2D eigenvalue weighted by molar-refractivity contribution is -0.137. The van der Waals surface area contributed by atoms with Crippen LogP contribution in [0.25, 0.3) is 16.9 Å². The van der Waals surface area contributed by atoms with Gasteiger partial charge in [0, 0.05) is 70.9 Å². The van der Waals surface area contributed by atoms with Gasteiger partial charge in [-0.3, -0.25) is 24.4 Å². The molecule has 13 heteroatoms. The number of carbonyl (C=O) groups is 3. The summed E-state index contributed by atoms with van der Waals surface area (Å²) in [5.41, 5.74) is 7.76. The van der Waals surface area contributed by atoms with E-state index in [4.69, 9.17) is 10.5 Å². The zero-order valence-corrected chi connectivity index (χ0v) is 21.5. The summed E-state index contributed by atoms with van der Waals surface area (Å²) in [5, 5.41) is 11.1. The molecule has 2 saturated heterocycles. The van der Waals surface area contributed by atoms with Gasteiger partial charge in [0.1, 0.15) is 17.9 Å². The lowest BCUT2D eigenvalue weighted by atomic mass is 9.95. The highest BCUT2D eigenvalue weighted by Crippen LogP contribution is 2.25. The summed E-state index contributed by atoms with van der Waals surface area (Å²) in [4.78, 5) is 48.0. The molecule has 0 radical (unpaired) electrons. The minimum absolute atomic E-state index is 0.0146. The van der Waals surface area contributed by atoms with Crippen LogP contribution in [0.5, 0.6) is 0 Å². The number of H-pyrrole nitrogens is 1. The highest BCUT2D eigenvalue weighted by atomic mass is 16.5. The largest absolute Gasteiger partial charge is 0.375 e. The number of hydrogen-bond acceptors (Lipinski definition) is 8. The monoisotopic (exact) mass is 523 g/mol. The molecular formula is C25H33N9O4. The number of primary amides is 1. The van der Waals surface area contributed by atoms with Crippen LogP contribution in [0.3, 0.4) is 0 Å². The second-order valence-corrected chi connectivity index (χ2v) is 9.88. The standard InChI is InChI=1S/C25H33N9O4/c1-38-16-21(36)33-10-8-31(9-11-33)15-17-2-5-32(6-3-17)20(35)12-19-4-7-34-25(29-19)22(24(26)37)23(30-34)18-13-27-28-14-18/h4,7,13-14,17H,2-3,5-6,8-12,15-16H2,1H3,(H2,26,37)(H,27,28). The number of nitrogens with two attached hydrogens (primary N) is 1. The van der Waals surface area contributed by atoms with Crippen LogP contribution >= 0.6 is 0 Å². The number of methoxy groups -OCH3 is 1. The van der Waals surface area contributed by atoms with E-state index in [9.17, 15) is 14.4 Å². The molecule has 0 spiro atoms. The molecule has 0 aromatic carbocycles. The van der Waals surface area contributed by atoms with Crippen molar-refractivity contribution >= 4 is 23.4 Å². The molecule has 3 aromatic rings. The summed E-state index contributed by atoms with van der Waals surface area (Å²) in [6.45, 7) is 5.74. The van der Waals surface area contributed by atoms with Crippen LogP contribution in [0.15, 0.2) is 24.7 Å². The SMILES string of the molecule is COCC(=O)N1CCN(CC2CCN(C(=O)Cc3ccn4nc(-c5cn[nH]c5)c(C(N)=O)c4n3)CC2)CC1. The van der Waals surface area contributed by atoms with Gasteiger partial charge in [0.15, 0.2) is 5.65 Å². The third-order valence-corrected chi connectivity index (χ3v) is 7.37. The molecule has 2 fully saturated rings. The van der Waals surface area contributed by atoms with E-state index >= 15 is 0 Å². The average Bonchev–Trinajstić information content (AvgIpc) is 3.57. The second kappa shape index (κ2) is 11.3. The fraction of sp³-hybridized carbons (Fsp3) is 0.520.